The van der Waals surface area contributed by atoms with Crippen molar-refractivity contribution in [1.29, 1.82) is 0 Å². The summed E-state index contributed by atoms with van der Waals surface area (Å²) in [6, 6.07) is 43.7. The largest absolute Gasteiger partial charge is 0.484 e. The normalized spacial score (nSPS) is 19.1. The van der Waals surface area contributed by atoms with E-state index in [1.807, 2.05) is 130 Å². The van der Waals surface area contributed by atoms with E-state index < -0.39 is 0 Å². The van der Waals surface area contributed by atoms with Crippen molar-refractivity contribution in [1.82, 2.24) is 69.2 Å². The number of ether oxygens (including phenoxy) is 4. The lowest BCUT2D eigenvalue weighted by molar-refractivity contribution is 0.0179. The zero-order chi connectivity index (χ0) is 66.8. The van der Waals surface area contributed by atoms with Gasteiger partial charge in [0.2, 0.25) is 0 Å². The Bertz CT molecular complexity index is 4080. The Morgan fingerprint density at radius 3 is 1.24 bits per heavy atom. The molecule has 2 saturated heterocycles. The van der Waals surface area contributed by atoms with Gasteiger partial charge in [-0.25, -0.2) is 19.0 Å². The van der Waals surface area contributed by atoms with Crippen LogP contribution in [-0.4, -0.2) is 123 Å². The molecular formula is C74H88N16O6. The average molecular weight is 1300 g/mol. The molecule has 0 unspecified atom stereocenters. The first-order chi connectivity index (χ1) is 46.3. The number of aryl methyl sites for hydroxylation is 2. The first kappa shape index (κ1) is 65.2. The zero-order valence-electron chi connectivity index (χ0n) is 56.6. The Labute approximate surface area is 560 Å². The summed E-state index contributed by atoms with van der Waals surface area (Å²) in [5.74, 6) is 4.52. The molecule has 4 amide bonds. The predicted octanol–water partition coefficient (Wildman–Crippen LogP) is 13.4. The molecule has 10 aromatic rings. The molecule has 4 aromatic carbocycles. The molecule has 8 heterocycles. The molecule has 6 atom stereocenters. The minimum atomic E-state index is -0.275. The Kier molecular flexibility index (Phi) is 18.8. The van der Waals surface area contributed by atoms with Gasteiger partial charge in [0.15, 0.2) is 22.9 Å². The van der Waals surface area contributed by atoms with Crippen LogP contribution in [-0.2, 0) is 20.3 Å². The number of morpholine rings is 2. The van der Waals surface area contributed by atoms with Crippen LogP contribution in [0.15, 0.2) is 146 Å². The maximum absolute atomic E-state index is 13.5. The number of hydrogen-bond acceptors (Lipinski definition) is 14. The molecule has 96 heavy (non-hydrogen) atoms. The summed E-state index contributed by atoms with van der Waals surface area (Å²) in [5.41, 5.74) is 11.4. The van der Waals surface area contributed by atoms with Gasteiger partial charge in [-0.2, -0.15) is 10.2 Å². The first-order valence-electron chi connectivity index (χ1n) is 33.6. The summed E-state index contributed by atoms with van der Waals surface area (Å²) in [5, 5.41) is 40.3. The second-order valence-electron chi connectivity index (χ2n) is 27.7. The monoisotopic (exact) mass is 1300 g/mol. The Morgan fingerprint density at radius 1 is 0.490 bits per heavy atom. The van der Waals surface area contributed by atoms with E-state index in [0.29, 0.717) is 11.6 Å². The van der Waals surface area contributed by atoms with Crippen molar-refractivity contribution in [2.24, 2.45) is 0 Å². The second-order valence-corrected chi connectivity index (χ2v) is 27.7. The minimum absolute atomic E-state index is 0.100. The van der Waals surface area contributed by atoms with Crippen LogP contribution in [0.3, 0.4) is 0 Å². The van der Waals surface area contributed by atoms with Crippen molar-refractivity contribution in [3.63, 3.8) is 0 Å². The molecule has 22 heteroatoms. The molecule has 2 fully saturated rings. The number of amides is 4. The smallest absolute Gasteiger partial charge is 0.320 e. The number of urea groups is 2. The van der Waals surface area contributed by atoms with Crippen LogP contribution in [0.25, 0.3) is 22.7 Å². The van der Waals surface area contributed by atoms with Crippen LogP contribution in [0.2, 0.25) is 0 Å². The molecular weight excluding hydrogens is 1210 g/mol. The van der Waals surface area contributed by atoms with Gasteiger partial charge in [0, 0.05) is 49.1 Å². The summed E-state index contributed by atoms with van der Waals surface area (Å²) >= 11 is 0. The number of pyridine rings is 2. The molecule has 22 nitrogen and oxygen atoms in total. The summed E-state index contributed by atoms with van der Waals surface area (Å²) in [6.07, 6.45) is 6.61. The lowest BCUT2D eigenvalue weighted by atomic mass is 9.85. The van der Waals surface area contributed by atoms with Gasteiger partial charge in [0.05, 0.1) is 85.8 Å². The highest BCUT2D eigenvalue weighted by Gasteiger charge is 2.34. The third-order valence-electron chi connectivity index (χ3n) is 18.8. The molecule has 2 aliphatic carbocycles. The van der Waals surface area contributed by atoms with Gasteiger partial charge in [-0.05, 0) is 124 Å². The molecule has 0 bridgehead atoms. The van der Waals surface area contributed by atoms with Gasteiger partial charge in [0.1, 0.15) is 35.3 Å². The molecule has 500 valence electrons. The molecule has 0 saturated carbocycles. The highest BCUT2D eigenvalue weighted by molar-refractivity contribution is 5.90. The SMILES string of the molecule is Cc1ccc(-n2nc(C(C)(C)C)cc2NC(=O)N[C@H]2CC[C@@H](Oc3ccc4nnc([C@@H](C)N5CCOCC5)n4c3)c3ccccc32)cc1.Cc1ccc(-n2nc(C(C)(C)C)cc2NC(=O)N[C@H]2CC[C@@H](Oc3ccc4nnc([C@H](C)N5CCOCC5)n4c3)c3ccccc32)cc1. The van der Waals surface area contributed by atoms with Crippen LogP contribution in [0.4, 0.5) is 21.2 Å². The Morgan fingerprint density at radius 2 is 0.865 bits per heavy atom. The van der Waals surface area contributed by atoms with E-state index in [2.05, 4.69) is 145 Å². The van der Waals surface area contributed by atoms with Gasteiger partial charge in [-0.15, -0.1) is 20.4 Å². The van der Waals surface area contributed by atoms with E-state index >= 15 is 0 Å². The fourth-order valence-electron chi connectivity index (χ4n) is 13.2. The van der Waals surface area contributed by atoms with Crippen molar-refractivity contribution in [2.75, 3.05) is 63.2 Å². The van der Waals surface area contributed by atoms with Crippen LogP contribution >= 0.6 is 0 Å². The molecule has 4 N–H and O–H groups in total. The summed E-state index contributed by atoms with van der Waals surface area (Å²) in [6.45, 7) is 27.5. The molecule has 0 spiro atoms. The minimum Gasteiger partial charge on any atom is -0.484 e. The molecule has 14 rings (SSSR count). The number of rotatable bonds is 14. The van der Waals surface area contributed by atoms with Crippen LogP contribution < -0.4 is 30.7 Å². The second kappa shape index (κ2) is 27.7. The molecule has 2 aliphatic heterocycles. The van der Waals surface area contributed by atoms with Crippen molar-refractivity contribution >= 4 is 35.0 Å². The van der Waals surface area contributed by atoms with Crippen molar-refractivity contribution in [3.8, 4) is 22.9 Å². The molecule has 4 aliphatic rings. The topological polar surface area (TPSA) is 222 Å². The highest BCUT2D eigenvalue weighted by Crippen LogP contribution is 2.41. The number of aromatic nitrogens is 10. The Balaban J connectivity index is 0.000000174. The van der Waals surface area contributed by atoms with E-state index in [1.165, 1.54) is 0 Å². The first-order valence-corrected chi connectivity index (χ1v) is 33.6. The molecule has 0 radical (unpaired) electrons. The lowest BCUT2D eigenvalue weighted by Gasteiger charge is -2.32. The highest BCUT2D eigenvalue weighted by atomic mass is 16.5. The third kappa shape index (κ3) is 14.4. The maximum atomic E-state index is 13.5. The van der Waals surface area contributed by atoms with Gasteiger partial charge in [-0.3, -0.25) is 29.2 Å². The predicted molar refractivity (Wildman–Crippen MR) is 369 cm³/mol. The van der Waals surface area contributed by atoms with Gasteiger partial charge < -0.3 is 29.6 Å². The van der Waals surface area contributed by atoms with Gasteiger partial charge in [-0.1, -0.05) is 125 Å². The van der Waals surface area contributed by atoms with Crippen LogP contribution in [0.5, 0.6) is 11.5 Å². The zero-order valence-corrected chi connectivity index (χ0v) is 56.6. The lowest BCUT2D eigenvalue weighted by Crippen LogP contribution is -2.38. The van der Waals surface area contributed by atoms with Crippen LogP contribution in [0.1, 0.15) is 174 Å². The van der Waals surface area contributed by atoms with E-state index in [1.54, 1.807) is 9.36 Å². The Hall–Kier alpha value is -9.48. The number of nitrogens with one attached hydrogen (secondary N) is 4. The van der Waals surface area contributed by atoms with Crippen molar-refractivity contribution < 1.29 is 28.5 Å². The van der Waals surface area contributed by atoms with Crippen LogP contribution in [0, 0.1) is 13.8 Å². The van der Waals surface area contributed by atoms with Gasteiger partial charge in [0.25, 0.3) is 0 Å². The average Bonchev–Trinajstić information content (AvgIpc) is 1.34. The van der Waals surface area contributed by atoms with Crippen molar-refractivity contribution in [2.45, 2.75) is 142 Å². The van der Waals surface area contributed by atoms with E-state index in [9.17, 15) is 9.59 Å². The molecule has 6 aromatic heterocycles. The number of nitrogens with zero attached hydrogens (tertiary/aromatic N) is 12. The summed E-state index contributed by atoms with van der Waals surface area (Å²) < 4.78 is 32.1. The number of hydrogen-bond donors (Lipinski definition) is 4. The fourth-order valence-corrected chi connectivity index (χ4v) is 13.2. The third-order valence-corrected chi connectivity index (χ3v) is 18.8. The van der Waals surface area contributed by atoms with Crippen molar-refractivity contribution in [3.05, 3.63) is 202 Å². The fraction of sp³-hybridized carbons (Fsp3) is 0.405. The van der Waals surface area contributed by atoms with Gasteiger partial charge >= 0.3 is 12.1 Å². The number of fused-ring (bicyclic) bond motifs is 4. The number of anilines is 2. The standard InChI is InChI=1S/2C37H44N8O3/c2*1-24-10-12-26(13-11-24)45-34(22-32(42-45)37(3,4)5)39-36(46)38-30-15-16-31(29-9-7-6-8-28(29)30)48-27-14-17-33-40-41-35(44(33)23-27)25(2)43-18-20-47-21-19-43/h2*6-14,17,22-23,25,30-31H,15-16,18-21H2,1-5H3,(H2,38,39,46)/t25-,30+,31-;25-,30-,31+/m10/s1. The number of benzene rings is 4. The van der Waals surface area contributed by atoms with E-state index in [4.69, 9.17) is 29.1 Å². The van der Waals surface area contributed by atoms with E-state index in [0.717, 1.165) is 169 Å². The maximum Gasteiger partial charge on any atom is 0.320 e. The summed E-state index contributed by atoms with van der Waals surface area (Å²) in [4.78, 5) is 31.8. The van der Waals surface area contributed by atoms with E-state index in [-0.39, 0.29) is 59.3 Å². The number of carbonyl (C=O) groups excluding carboxylic acids is 2. The quantitative estimate of drug-likeness (QED) is 0.0796. The number of carbonyl (C=O) groups is 2. The summed E-state index contributed by atoms with van der Waals surface area (Å²) in [7, 11) is 0.